The largest absolute Gasteiger partial charge is 0.315 e. The highest BCUT2D eigenvalue weighted by molar-refractivity contribution is 7.09. The van der Waals surface area contributed by atoms with E-state index in [4.69, 9.17) is 0 Å². The van der Waals surface area contributed by atoms with E-state index in [1.54, 1.807) is 0 Å². The number of likely N-dealkylation sites (N-methyl/N-ethyl adjacent to an activating group) is 2. The molecule has 2 nitrogen and oxygen atoms in total. The molecule has 0 spiro atoms. The summed E-state index contributed by atoms with van der Waals surface area (Å²) in [5.74, 6) is 0. The van der Waals surface area contributed by atoms with Crippen molar-refractivity contribution in [3.8, 4) is 0 Å². The van der Waals surface area contributed by atoms with Crippen LogP contribution < -0.4 is 5.32 Å². The zero-order chi connectivity index (χ0) is 14.3. The third kappa shape index (κ3) is 4.04. The molecule has 0 fully saturated rings. The lowest BCUT2D eigenvalue weighted by Gasteiger charge is -2.46. The SMILES string of the molecule is CCN(CC)C(C)(CC)C(CCc1cccs1)NC. The van der Waals surface area contributed by atoms with Crippen molar-refractivity contribution in [2.75, 3.05) is 20.1 Å². The van der Waals surface area contributed by atoms with Gasteiger partial charge in [0.25, 0.3) is 0 Å². The minimum absolute atomic E-state index is 0.246. The van der Waals surface area contributed by atoms with Crippen molar-refractivity contribution in [3.63, 3.8) is 0 Å². The number of aryl methyl sites for hydroxylation is 1. The molecule has 1 aromatic rings. The number of rotatable bonds is 9. The zero-order valence-electron chi connectivity index (χ0n) is 13.2. The molecule has 0 bridgehead atoms. The molecule has 1 N–H and O–H groups in total. The van der Waals surface area contributed by atoms with Gasteiger partial charge in [0.2, 0.25) is 0 Å². The van der Waals surface area contributed by atoms with Gasteiger partial charge in [-0.05, 0) is 57.8 Å². The van der Waals surface area contributed by atoms with Crippen LogP contribution in [0.4, 0.5) is 0 Å². The highest BCUT2D eigenvalue weighted by atomic mass is 32.1. The molecule has 2 atom stereocenters. The molecule has 0 saturated carbocycles. The van der Waals surface area contributed by atoms with E-state index in [2.05, 4.69) is 62.5 Å². The summed E-state index contributed by atoms with van der Waals surface area (Å²) in [6, 6.07) is 4.94. The van der Waals surface area contributed by atoms with Crippen molar-refractivity contribution in [2.24, 2.45) is 0 Å². The summed E-state index contributed by atoms with van der Waals surface area (Å²) in [6.07, 6.45) is 3.57. The Kier molecular flexibility index (Phi) is 7.05. The summed E-state index contributed by atoms with van der Waals surface area (Å²) < 4.78 is 0. The Hall–Kier alpha value is -0.380. The van der Waals surface area contributed by atoms with Gasteiger partial charge in [-0.3, -0.25) is 4.90 Å². The molecule has 1 rings (SSSR count). The van der Waals surface area contributed by atoms with E-state index in [0.29, 0.717) is 6.04 Å². The first kappa shape index (κ1) is 16.7. The maximum Gasteiger partial charge on any atom is 0.0331 e. The molecule has 3 heteroatoms. The summed E-state index contributed by atoms with van der Waals surface area (Å²) in [5.41, 5.74) is 0.246. The van der Waals surface area contributed by atoms with Gasteiger partial charge in [0.05, 0.1) is 0 Å². The topological polar surface area (TPSA) is 15.3 Å². The minimum Gasteiger partial charge on any atom is -0.315 e. The number of hydrogen-bond acceptors (Lipinski definition) is 3. The van der Waals surface area contributed by atoms with Gasteiger partial charge in [-0.25, -0.2) is 0 Å². The van der Waals surface area contributed by atoms with Crippen molar-refractivity contribution in [2.45, 2.75) is 58.5 Å². The van der Waals surface area contributed by atoms with Crippen molar-refractivity contribution in [1.82, 2.24) is 10.2 Å². The maximum absolute atomic E-state index is 3.57. The van der Waals surface area contributed by atoms with E-state index >= 15 is 0 Å². The predicted octanol–water partition coefficient (Wildman–Crippen LogP) is 3.78. The fourth-order valence-electron chi connectivity index (χ4n) is 3.14. The van der Waals surface area contributed by atoms with Crippen LogP contribution in [0.5, 0.6) is 0 Å². The van der Waals surface area contributed by atoms with Crippen molar-refractivity contribution >= 4 is 11.3 Å². The average Bonchev–Trinajstić information content (AvgIpc) is 2.93. The molecule has 0 amide bonds. The van der Waals surface area contributed by atoms with Gasteiger partial charge in [0.1, 0.15) is 0 Å². The fourth-order valence-corrected chi connectivity index (χ4v) is 3.87. The van der Waals surface area contributed by atoms with Gasteiger partial charge < -0.3 is 5.32 Å². The Morgan fingerprint density at radius 2 is 2.00 bits per heavy atom. The second-order valence-electron chi connectivity index (χ2n) is 5.34. The molecule has 0 aromatic carbocycles. The van der Waals surface area contributed by atoms with E-state index < -0.39 is 0 Å². The molecule has 0 radical (unpaired) electrons. The number of nitrogens with zero attached hydrogens (tertiary/aromatic N) is 1. The van der Waals surface area contributed by atoms with Gasteiger partial charge in [-0.15, -0.1) is 11.3 Å². The second-order valence-corrected chi connectivity index (χ2v) is 6.37. The number of thiophene rings is 1. The maximum atomic E-state index is 3.57. The van der Waals surface area contributed by atoms with Crippen LogP contribution in [0.25, 0.3) is 0 Å². The Bertz CT molecular complexity index is 333. The van der Waals surface area contributed by atoms with Gasteiger partial charge in [0, 0.05) is 16.5 Å². The van der Waals surface area contributed by atoms with E-state index in [9.17, 15) is 0 Å². The molecule has 0 saturated heterocycles. The van der Waals surface area contributed by atoms with Crippen LogP contribution in [-0.2, 0) is 6.42 Å². The van der Waals surface area contributed by atoms with Gasteiger partial charge >= 0.3 is 0 Å². The molecule has 0 aliphatic rings. The summed E-state index contributed by atoms with van der Waals surface area (Å²) in [6.45, 7) is 11.5. The lowest BCUT2D eigenvalue weighted by Crippen LogP contribution is -2.58. The summed E-state index contributed by atoms with van der Waals surface area (Å²) in [5, 5.41) is 5.74. The molecular weight excluding hydrogens is 252 g/mol. The molecular formula is C16H30N2S. The van der Waals surface area contributed by atoms with Crippen LogP contribution >= 0.6 is 11.3 Å². The average molecular weight is 282 g/mol. The quantitative estimate of drug-likeness (QED) is 0.741. The third-order valence-electron chi connectivity index (χ3n) is 4.56. The highest BCUT2D eigenvalue weighted by Gasteiger charge is 2.35. The van der Waals surface area contributed by atoms with Crippen LogP contribution in [0.2, 0.25) is 0 Å². The number of hydrogen-bond donors (Lipinski definition) is 1. The summed E-state index contributed by atoms with van der Waals surface area (Å²) in [4.78, 5) is 4.10. The molecule has 19 heavy (non-hydrogen) atoms. The van der Waals surface area contributed by atoms with Crippen molar-refractivity contribution in [1.29, 1.82) is 0 Å². The monoisotopic (exact) mass is 282 g/mol. The van der Waals surface area contributed by atoms with Crippen LogP contribution in [0.3, 0.4) is 0 Å². The van der Waals surface area contributed by atoms with Gasteiger partial charge in [0.15, 0.2) is 0 Å². The normalized spacial score (nSPS) is 16.5. The third-order valence-corrected chi connectivity index (χ3v) is 5.50. The molecule has 2 unspecified atom stereocenters. The molecule has 1 aromatic heterocycles. The Labute approximate surface area is 123 Å². The lowest BCUT2D eigenvalue weighted by molar-refractivity contribution is 0.0699. The first-order chi connectivity index (χ1) is 9.12. The second kappa shape index (κ2) is 8.03. The van der Waals surface area contributed by atoms with E-state index in [1.807, 2.05) is 11.3 Å². The van der Waals surface area contributed by atoms with Crippen LogP contribution in [0, 0.1) is 0 Å². The molecule has 1 heterocycles. The zero-order valence-corrected chi connectivity index (χ0v) is 14.0. The lowest BCUT2D eigenvalue weighted by atomic mass is 9.84. The first-order valence-corrected chi connectivity index (χ1v) is 8.44. The Balaban J connectivity index is 2.73. The van der Waals surface area contributed by atoms with Crippen molar-refractivity contribution < 1.29 is 0 Å². The summed E-state index contributed by atoms with van der Waals surface area (Å²) in [7, 11) is 2.11. The Morgan fingerprint density at radius 1 is 1.32 bits per heavy atom. The Morgan fingerprint density at radius 3 is 2.42 bits per heavy atom. The standard InChI is InChI=1S/C16H30N2S/c1-6-16(4,18(7-2)8-3)15(17-5)12-11-14-10-9-13-19-14/h9-10,13,15,17H,6-8,11-12H2,1-5H3. The van der Waals surface area contributed by atoms with Crippen LogP contribution in [0.1, 0.15) is 45.4 Å². The van der Waals surface area contributed by atoms with E-state index in [0.717, 1.165) is 13.1 Å². The first-order valence-electron chi connectivity index (χ1n) is 7.57. The smallest absolute Gasteiger partial charge is 0.0331 e. The van der Waals surface area contributed by atoms with Gasteiger partial charge in [-0.2, -0.15) is 0 Å². The van der Waals surface area contributed by atoms with Crippen LogP contribution in [0.15, 0.2) is 17.5 Å². The predicted molar refractivity (Wildman–Crippen MR) is 87.1 cm³/mol. The van der Waals surface area contributed by atoms with E-state index in [1.165, 1.54) is 24.1 Å². The van der Waals surface area contributed by atoms with E-state index in [-0.39, 0.29) is 5.54 Å². The molecule has 0 aliphatic carbocycles. The van der Waals surface area contributed by atoms with Crippen molar-refractivity contribution in [3.05, 3.63) is 22.4 Å². The number of nitrogens with one attached hydrogen (secondary N) is 1. The molecule has 110 valence electrons. The van der Waals surface area contributed by atoms with Crippen LogP contribution in [-0.4, -0.2) is 36.6 Å². The van der Waals surface area contributed by atoms with Gasteiger partial charge in [-0.1, -0.05) is 26.8 Å². The summed E-state index contributed by atoms with van der Waals surface area (Å²) >= 11 is 1.87. The highest BCUT2D eigenvalue weighted by Crippen LogP contribution is 2.27. The fraction of sp³-hybridized carbons (Fsp3) is 0.750. The minimum atomic E-state index is 0.246. The molecule has 0 aliphatic heterocycles.